The Morgan fingerprint density at radius 1 is 1.09 bits per heavy atom. The molecule has 3 aromatic heterocycles. The molecule has 0 amide bonds. The molecule has 4 heterocycles. The number of benzene rings is 1. The first-order chi connectivity index (χ1) is 16.8. The minimum absolute atomic E-state index is 0.0654. The summed E-state index contributed by atoms with van der Waals surface area (Å²) in [6, 6.07) is 13.3. The number of hydrogen-bond acceptors (Lipinski definition) is 6. The van der Waals surface area contributed by atoms with Gasteiger partial charge >= 0.3 is 0 Å². The molecule has 182 valence electrons. The van der Waals surface area contributed by atoms with Gasteiger partial charge in [-0.3, -0.25) is 9.36 Å². The van der Waals surface area contributed by atoms with Crippen molar-refractivity contribution >= 4 is 42.9 Å². The summed E-state index contributed by atoms with van der Waals surface area (Å²) in [7, 11) is -3.18. The molecule has 0 atom stereocenters. The Morgan fingerprint density at radius 3 is 2.49 bits per heavy atom. The summed E-state index contributed by atoms with van der Waals surface area (Å²) in [4.78, 5) is 21.8. The highest BCUT2D eigenvalue weighted by atomic mass is 79.9. The van der Waals surface area contributed by atoms with E-state index in [1.165, 1.54) is 16.6 Å². The molecular weight excluding hydrogens is 532 g/mol. The van der Waals surface area contributed by atoms with Gasteiger partial charge in [-0.1, -0.05) is 12.1 Å². The van der Waals surface area contributed by atoms with Gasteiger partial charge in [-0.15, -0.1) is 0 Å². The Labute approximate surface area is 211 Å². The quantitative estimate of drug-likeness (QED) is 0.391. The summed E-state index contributed by atoms with van der Waals surface area (Å²) in [5.74, 6) is 0.434. The van der Waals surface area contributed by atoms with Crippen molar-refractivity contribution in [1.29, 1.82) is 0 Å². The van der Waals surface area contributed by atoms with E-state index in [1.807, 2.05) is 47.3 Å². The highest BCUT2D eigenvalue weighted by Gasteiger charge is 2.25. The van der Waals surface area contributed by atoms with Crippen LogP contribution < -0.4 is 10.9 Å². The highest BCUT2D eigenvalue weighted by molar-refractivity contribution is 9.10. The predicted molar refractivity (Wildman–Crippen MR) is 139 cm³/mol. The number of nitrogens with zero attached hydrogens (tertiary/aromatic N) is 5. The van der Waals surface area contributed by atoms with Crippen LogP contribution in [0, 0.1) is 0 Å². The van der Waals surface area contributed by atoms with Crippen LogP contribution in [0.3, 0.4) is 0 Å². The molecule has 0 radical (unpaired) electrons. The van der Waals surface area contributed by atoms with E-state index < -0.39 is 10.0 Å². The molecule has 0 bridgehead atoms. The van der Waals surface area contributed by atoms with Crippen molar-refractivity contribution in [2.45, 2.75) is 25.4 Å². The smallest absolute Gasteiger partial charge is 0.252 e. The zero-order valence-corrected chi connectivity index (χ0v) is 21.5. The number of sulfonamides is 1. The molecule has 5 rings (SSSR count). The van der Waals surface area contributed by atoms with E-state index in [2.05, 4.69) is 31.2 Å². The van der Waals surface area contributed by atoms with Crippen LogP contribution in [0.25, 0.3) is 16.7 Å². The molecular formula is C24H25BrN6O3S. The Hall–Kier alpha value is -3.02. The van der Waals surface area contributed by atoms with Gasteiger partial charge < -0.3 is 9.88 Å². The maximum Gasteiger partial charge on any atom is 0.252 e. The first-order valence-electron chi connectivity index (χ1n) is 11.3. The number of halogens is 1. The zero-order valence-electron chi connectivity index (χ0n) is 19.1. The van der Waals surface area contributed by atoms with Crippen LogP contribution in [-0.4, -0.2) is 57.2 Å². The SMILES string of the molecule is CS(=O)(=O)N1CCC(Nc2ncc3ccc(=O)n(Cc4ccc(-n5ccc(Br)c5)cc4)c3n2)CC1. The maximum atomic E-state index is 12.8. The average Bonchev–Trinajstić information content (AvgIpc) is 3.27. The van der Waals surface area contributed by atoms with Crippen LogP contribution >= 0.6 is 15.9 Å². The number of aromatic nitrogens is 4. The minimum Gasteiger partial charge on any atom is -0.351 e. The zero-order chi connectivity index (χ0) is 24.6. The molecule has 4 aromatic rings. The van der Waals surface area contributed by atoms with Crippen molar-refractivity contribution in [1.82, 2.24) is 23.4 Å². The largest absolute Gasteiger partial charge is 0.351 e. The monoisotopic (exact) mass is 556 g/mol. The average molecular weight is 557 g/mol. The molecule has 1 N–H and O–H groups in total. The van der Waals surface area contributed by atoms with Crippen LogP contribution in [0.15, 0.2) is 70.3 Å². The number of nitrogens with one attached hydrogen (secondary N) is 1. The second-order valence-corrected chi connectivity index (χ2v) is 11.6. The van der Waals surface area contributed by atoms with E-state index in [0.717, 1.165) is 21.1 Å². The van der Waals surface area contributed by atoms with Gasteiger partial charge in [-0.25, -0.2) is 17.7 Å². The van der Waals surface area contributed by atoms with Gasteiger partial charge in [0.2, 0.25) is 16.0 Å². The van der Waals surface area contributed by atoms with Crippen LogP contribution in [0.2, 0.25) is 0 Å². The van der Waals surface area contributed by atoms with Crippen molar-refractivity contribution in [3.05, 3.63) is 81.4 Å². The molecule has 1 saturated heterocycles. The first kappa shape index (κ1) is 23.7. The summed E-state index contributed by atoms with van der Waals surface area (Å²) >= 11 is 3.46. The van der Waals surface area contributed by atoms with E-state index in [-0.39, 0.29) is 11.6 Å². The van der Waals surface area contributed by atoms with Crippen LogP contribution in [0.5, 0.6) is 0 Å². The van der Waals surface area contributed by atoms with Crippen molar-refractivity contribution in [3.63, 3.8) is 0 Å². The number of rotatable bonds is 6. The normalized spacial score (nSPS) is 15.5. The molecule has 1 aromatic carbocycles. The summed E-state index contributed by atoms with van der Waals surface area (Å²) in [6.07, 6.45) is 8.24. The van der Waals surface area contributed by atoms with Crippen LogP contribution in [0.1, 0.15) is 18.4 Å². The number of piperidine rings is 1. The van der Waals surface area contributed by atoms with Gasteiger partial charge in [0, 0.05) is 59.3 Å². The third kappa shape index (κ3) is 5.31. The van der Waals surface area contributed by atoms with Gasteiger partial charge in [0.25, 0.3) is 5.56 Å². The molecule has 0 aliphatic carbocycles. The third-order valence-electron chi connectivity index (χ3n) is 6.21. The fourth-order valence-corrected chi connectivity index (χ4v) is 5.51. The van der Waals surface area contributed by atoms with Gasteiger partial charge in [0.05, 0.1) is 12.8 Å². The fraction of sp³-hybridized carbons (Fsp3) is 0.292. The van der Waals surface area contributed by atoms with E-state index in [0.29, 0.717) is 44.1 Å². The van der Waals surface area contributed by atoms with E-state index >= 15 is 0 Å². The standard InChI is InChI=1S/C24H25BrN6O3S/c1-35(33,34)30-12-9-20(10-13-30)27-24-26-14-18-4-7-22(32)31(23(18)28-24)15-17-2-5-21(6-3-17)29-11-8-19(25)16-29/h2-8,11,14,16,20H,9-10,12-13,15H2,1H3,(H,26,27,28). The molecule has 11 heteroatoms. The summed E-state index contributed by atoms with van der Waals surface area (Å²) in [5.41, 5.74) is 2.43. The molecule has 0 spiro atoms. The van der Waals surface area contributed by atoms with Crippen molar-refractivity contribution in [2.24, 2.45) is 0 Å². The number of hydrogen-bond donors (Lipinski definition) is 1. The Kier molecular flexibility index (Phi) is 6.47. The van der Waals surface area contributed by atoms with Crippen molar-refractivity contribution in [3.8, 4) is 5.69 Å². The van der Waals surface area contributed by atoms with Gasteiger partial charge in [0.1, 0.15) is 5.65 Å². The molecule has 1 aliphatic heterocycles. The van der Waals surface area contributed by atoms with Crippen LogP contribution in [0.4, 0.5) is 5.95 Å². The fourth-order valence-electron chi connectivity index (χ4n) is 4.30. The van der Waals surface area contributed by atoms with E-state index in [9.17, 15) is 13.2 Å². The highest BCUT2D eigenvalue weighted by Crippen LogP contribution is 2.19. The van der Waals surface area contributed by atoms with Crippen molar-refractivity contribution in [2.75, 3.05) is 24.7 Å². The summed E-state index contributed by atoms with van der Waals surface area (Å²) in [5, 5.41) is 4.09. The maximum absolute atomic E-state index is 12.8. The molecule has 35 heavy (non-hydrogen) atoms. The number of fused-ring (bicyclic) bond motifs is 1. The predicted octanol–water partition coefficient (Wildman–Crippen LogP) is 3.23. The Balaban J connectivity index is 1.36. The van der Waals surface area contributed by atoms with Crippen LogP contribution in [-0.2, 0) is 16.6 Å². The van der Waals surface area contributed by atoms with Gasteiger partial charge in [-0.05, 0) is 58.6 Å². The lowest BCUT2D eigenvalue weighted by atomic mass is 10.1. The lowest BCUT2D eigenvalue weighted by molar-refractivity contribution is 0.331. The number of anilines is 1. The van der Waals surface area contributed by atoms with E-state index in [4.69, 9.17) is 0 Å². The molecule has 1 fully saturated rings. The number of pyridine rings is 1. The van der Waals surface area contributed by atoms with Crippen molar-refractivity contribution < 1.29 is 8.42 Å². The third-order valence-corrected chi connectivity index (χ3v) is 7.98. The minimum atomic E-state index is -3.18. The first-order valence-corrected chi connectivity index (χ1v) is 13.9. The van der Waals surface area contributed by atoms with Gasteiger partial charge in [0.15, 0.2) is 0 Å². The lowest BCUT2D eigenvalue weighted by Crippen LogP contribution is -2.42. The second-order valence-electron chi connectivity index (χ2n) is 8.71. The lowest BCUT2D eigenvalue weighted by Gasteiger charge is -2.30. The second kappa shape index (κ2) is 9.56. The van der Waals surface area contributed by atoms with Gasteiger partial charge in [-0.2, -0.15) is 4.98 Å². The molecule has 1 aliphatic rings. The van der Waals surface area contributed by atoms with E-state index in [1.54, 1.807) is 16.8 Å². The Bertz CT molecular complexity index is 1520. The molecule has 0 saturated carbocycles. The topological polar surface area (TPSA) is 102 Å². The summed E-state index contributed by atoms with van der Waals surface area (Å²) < 4.78 is 29.7. The molecule has 9 nitrogen and oxygen atoms in total. The molecule has 0 unspecified atom stereocenters. The Morgan fingerprint density at radius 2 is 1.83 bits per heavy atom. The summed E-state index contributed by atoms with van der Waals surface area (Å²) in [6.45, 7) is 1.31.